The number of carbonyl (C=O) groups is 1. The van der Waals surface area contributed by atoms with E-state index in [1.807, 2.05) is 37.3 Å². The molecule has 0 radical (unpaired) electrons. The second-order valence-electron chi connectivity index (χ2n) is 5.56. The average Bonchev–Trinajstić information content (AvgIpc) is 2.38. The number of nitrogens with zero attached hydrogens (tertiary/aromatic N) is 1. The maximum atomic E-state index is 12.1. The highest BCUT2D eigenvalue weighted by Gasteiger charge is 2.16. The number of nitrogens with one attached hydrogen (secondary N) is 1. The fourth-order valence-corrected chi connectivity index (χ4v) is 2.19. The highest BCUT2D eigenvalue weighted by molar-refractivity contribution is 6.02. The van der Waals surface area contributed by atoms with Crippen molar-refractivity contribution in [2.45, 2.75) is 33.2 Å². The standard InChI is InChI=1S/C16H21N3O/c1-10(2)9-13(17)16(20)19-14-6-4-5-12-8-7-11(3)18-15(12)14/h4-8,10,13H,9,17H2,1-3H3,(H,19,20)/t13-/m0/s1. The molecule has 1 heterocycles. The monoisotopic (exact) mass is 271 g/mol. The number of amides is 1. The number of fused-ring (bicyclic) bond motifs is 1. The Labute approximate surface area is 119 Å². The van der Waals surface area contributed by atoms with Gasteiger partial charge in [-0.05, 0) is 31.4 Å². The molecule has 2 rings (SSSR count). The summed E-state index contributed by atoms with van der Waals surface area (Å²) in [6, 6.07) is 9.21. The molecule has 0 fully saturated rings. The molecule has 0 aliphatic heterocycles. The zero-order valence-electron chi connectivity index (χ0n) is 12.2. The summed E-state index contributed by atoms with van der Waals surface area (Å²) in [5.74, 6) is 0.234. The molecule has 0 aliphatic rings. The van der Waals surface area contributed by atoms with Crippen LogP contribution in [0.1, 0.15) is 26.0 Å². The summed E-state index contributed by atoms with van der Waals surface area (Å²) in [7, 11) is 0. The first-order valence-corrected chi connectivity index (χ1v) is 6.90. The van der Waals surface area contributed by atoms with Gasteiger partial charge in [-0.25, -0.2) is 0 Å². The number of aromatic nitrogens is 1. The molecule has 3 N–H and O–H groups in total. The molecule has 1 amide bonds. The van der Waals surface area contributed by atoms with Crippen LogP contribution >= 0.6 is 0 Å². The molecule has 0 aliphatic carbocycles. The lowest BCUT2D eigenvalue weighted by atomic mass is 10.0. The molecule has 1 aromatic heterocycles. The van der Waals surface area contributed by atoms with Gasteiger partial charge >= 0.3 is 0 Å². The molecule has 0 saturated heterocycles. The van der Waals surface area contributed by atoms with Gasteiger partial charge in [-0.3, -0.25) is 9.78 Å². The number of anilines is 1. The van der Waals surface area contributed by atoms with E-state index in [0.29, 0.717) is 12.3 Å². The number of para-hydroxylation sites is 1. The van der Waals surface area contributed by atoms with Crippen LogP contribution in [0.15, 0.2) is 30.3 Å². The minimum Gasteiger partial charge on any atom is -0.323 e. The van der Waals surface area contributed by atoms with Crippen LogP contribution in [0.3, 0.4) is 0 Å². The molecule has 4 heteroatoms. The largest absolute Gasteiger partial charge is 0.323 e. The SMILES string of the molecule is Cc1ccc2cccc(NC(=O)[C@@H](N)CC(C)C)c2n1. The maximum Gasteiger partial charge on any atom is 0.241 e. The van der Waals surface area contributed by atoms with E-state index in [1.165, 1.54) is 0 Å². The third kappa shape index (κ3) is 3.33. The number of nitrogens with two attached hydrogens (primary N) is 1. The topological polar surface area (TPSA) is 68.0 Å². The summed E-state index contributed by atoms with van der Waals surface area (Å²) in [6.07, 6.45) is 0.670. The smallest absolute Gasteiger partial charge is 0.241 e. The molecule has 106 valence electrons. The third-order valence-electron chi connectivity index (χ3n) is 3.18. The summed E-state index contributed by atoms with van der Waals surface area (Å²) < 4.78 is 0. The molecule has 2 aromatic rings. The van der Waals surface area contributed by atoms with Crippen molar-refractivity contribution >= 4 is 22.5 Å². The second kappa shape index (κ2) is 6.01. The highest BCUT2D eigenvalue weighted by atomic mass is 16.2. The molecular weight excluding hydrogens is 250 g/mol. The first kappa shape index (κ1) is 14.5. The van der Waals surface area contributed by atoms with E-state index in [4.69, 9.17) is 5.73 Å². The van der Waals surface area contributed by atoms with Crippen LogP contribution in [-0.2, 0) is 4.79 Å². The Morgan fingerprint density at radius 1 is 1.30 bits per heavy atom. The van der Waals surface area contributed by atoms with Crippen molar-refractivity contribution in [1.29, 1.82) is 0 Å². The van der Waals surface area contributed by atoms with Crippen molar-refractivity contribution in [2.24, 2.45) is 11.7 Å². The van der Waals surface area contributed by atoms with Crippen LogP contribution in [0, 0.1) is 12.8 Å². The second-order valence-corrected chi connectivity index (χ2v) is 5.56. The van der Waals surface area contributed by atoms with Gasteiger partial charge in [-0.1, -0.05) is 32.0 Å². The van der Waals surface area contributed by atoms with E-state index in [1.54, 1.807) is 0 Å². The van der Waals surface area contributed by atoms with Crippen LogP contribution in [0.4, 0.5) is 5.69 Å². The fourth-order valence-electron chi connectivity index (χ4n) is 2.19. The van der Waals surface area contributed by atoms with Gasteiger partial charge in [0.05, 0.1) is 17.2 Å². The van der Waals surface area contributed by atoms with E-state index >= 15 is 0 Å². The van der Waals surface area contributed by atoms with E-state index in [9.17, 15) is 4.79 Å². The van der Waals surface area contributed by atoms with Crippen molar-refractivity contribution in [3.05, 3.63) is 36.0 Å². The molecule has 1 atom stereocenters. The Morgan fingerprint density at radius 2 is 2.05 bits per heavy atom. The summed E-state index contributed by atoms with van der Waals surface area (Å²) >= 11 is 0. The lowest BCUT2D eigenvalue weighted by Crippen LogP contribution is -2.36. The molecule has 0 bridgehead atoms. The van der Waals surface area contributed by atoms with Crippen molar-refractivity contribution in [3.8, 4) is 0 Å². The van der Waals surface area contributed by atoms with Crippen molar-refractivity contribution in [2.75, 3.05) is 5.32 Å². The van der Waals surface area contributed by atoms with Crippen molar-refractivity contribution in [1.82, 2.24) is 4.98 Å². The van der Waals surface area contributed by atoms with Gasteiger partial charge in [0.25, 0.3) is 0 Å². The Hall–Kier alpha value is -1.94. The Morgan fingerprint density at radius 3 is 2.75 bits per heavy atom. The lowest BCUT2D eigenvalue weighted by molar-refractivity contribution is -0.117. The number of hydrogen-bond acceptors (Lipinski definition) is 3. The molecule has 20 heavy (non-hydrogen) atoms. The van der Waals surface area contributed by atoms with Gasteiger partial charge in [0.2, 0.25) is 5.91 Å². The molecule has 4 nitrogen and oxygen atoms in total. The number of pyridine rings is 1. The van der Waals surface area contributed by atoms with Crippen LogP contribution in [0.2, 0.25) is 0 Å². The Bertz CT molecular complexity index is 622. The normalized spacial score (nSPS) is 12.7. The fraction of sp³-hybridized carbons (Fsp3) is 0.375. The van der Waals surface area contributed by atoms with E-state index in [0.717, 1.165) is 22.3 Å². The number of hydrogen-bond donors (Lipinski definition) is 2. The summed E-state index contributed by atoms with van der Waals surface area (Å²) in [5.41, 5.74) is 8.35. The molecule has 0 spiro atoms. The molecular formula is C16H21N3O. The summed E-state index contributed by atoms with van der Waals surface area (Å²) in [6.45, 7) is 6.04. The summed E-state index contributed by atoms with van der Waals surface area (Å²) in [4.78, 5) is 16.6. The van der Waals surface area contributed by atoms with Gasteiger partial charge in [0.1, 0.15) is 0 Å². The Balaban J connectivity index is 2.25. The van der Waals surface area contributed by atoms with Crippen LogP contribution < -0.4 is 11.1 Å². The van der Waals surface area contributed by atoms with Gasteiger partial charge < -0.3 is 11.1 Å². The third-order valence-corrected chi connectivity index (χ3v) is 3.18. The van der Waals surface area contributed by atoms with E-state index < -0.39 is 6.04 Å². The van der Waals surface area contributed by atoms with Gasteiger partial charge in [-0.2, -0.15) is 0 Å². The number of carbonyl (C=O) groups excluding carboxylic acids is 1. The number of rotatable bonds is 4. The van der Waals surface area contributed by atoms with Crippen LogP contribution in [0.25, 0.3) is 10.9 Å². The van der Waals surface area contributed by atoms with E-state index in [-0.39, 0.29) is 5.91 Å². The molecule has 0 saturated carbocycles. The van der Waals surface area contributed by atoms with Crippen LogP contribution in [0.5, 0.6) is 0 Å². The van der Waals surface area contributed by atoms with Gasteiger partial charge in [0.15, 0.2) is 0 Å². The van der Waals surface area contributed by atoms with Crippen molar-refractivity contribution < 1.29 is 4.79 Å². The minimum atomic E-state index is -0.491. The minimum absolute atomic E-state index is 0.158. The Kier molecular flexibility index (Phi) is 4.35. The van der Waals surface area contributed by atoms with Crippen molar-refractivity contribution in [3.63, 3.8) is 0 Å². The average molecular weight is 271 g/mol. The quantitative estimate of drug-likeness (QED) is 0.898. The highest BCUT2D eigenvalue weighted by Crippen LogP contribution is 2.22. The van der Waals surface area contributed by atoms with Gasteiger partial charge in [-0.15, -0.1) is 0 Å². The molecule has 0 unspecified atom stereocenters. The molecule has 1 aromatic carbocycles. The summed E-state index contributed by atoms with van der Waals surface area (Å²) in [5, 5.41) is 3.90. The first-order valence-electron chi connectivity index (χ1n) is 6.90. The van der Waals surface area contributed by atoms with Gasteiger partial charge in [0, 0.05) is 11.1 Å². The zero-order chi connectivity index (χ0) is 14.7. The van der Waals surface area contributed by atoms with E-state index in [2.05, 4.69) is 24.1 Å². The predicted octanol–water partition coefficient (Wildman–Crippen LogP) is 2.86. The predicted molar refractivity (Wildman–Crippen MR) is 82.5 cm³/mol. The number of benzene rings is 1. The van der Waals surface area contributed by atoms with Crippen LogP contribution in [-0.4, -0.2) is 16.9 Å². The lowest BCUT2D eigenvalue weighted by Gasteiger charge is -2.15. The maximum absolute atomic E-state index is 12.1. The first-order chi connectivity index (χ1) is 9.47. The number of aryl methyl sites for hydroxylation is 1. The zero-order valence-corrected chi connectivity index (χ0v) is 12.2.